The summed E-state index contributed by atoms with van der Waals surface area (Å²) >= 11 is 0. The van der Waals surface area contributed by atoms with Crippen LogP contribution in [0, 0.1) is 5.41 Å². The van der Waals surface area contributed by atoms with Gasteiger partial charge in [0.05, 0.1) is 18.9 Å². The second kappa shape index (κ2) is 9.44. The zero-order valence-corrected chi connectivity index (χ0v) is 18.2. The zero-order valence-electron chi connectivity index (χ0n) is 18.2. The molecule has 1 aliphatic heterocycles. The highest BCUT2D eigenvalue weighted by molar-refractivity contribution is 5.63. The first-order valence-corrected chi connectivity index (χ1v) is 10.4. The number of nitrogen functional groups attached to an aromatic ring is 1. The molecule has 2 N–H and O–H groups in total. The summed E-state index contributed by atoms with van der Waals surface area (Å²) in [5.41, 5.74) is 6.54. The number of imidazole rings is 1. The number of nitrogens with two attached hydrogens (primary N) is 1. The highest BCUT2D eigenvalue weighted by atomic mass is 19.4. The van der Waals surface area contributed by atoms with Crippen molar-refractivity contribution in [1.29, 1.82) is 0 Å². The van der Waals surface area contributed by atoms with Crippen LogP contribution in [0.5, 0.6) is 5.75 Å². The van der Waals surface area contributed by atoms with E-state index in [0.29, 0.717) is 11.3 Å². The number of aromatic nitrogens is 3. The fraction of sp³-hybridized carbons (Fsp3) is 0.619. The van der Waals surface area contributed by atoms with Gasteiger partial charge in [-0.2, -0.15) is 0 Å². The summed E-state index contributed by atoms with van der Waals surface area (Å²) in [7, 11) is 0. The maximum absolute atomic E-state index is 12.7. The van der Waals surface area contributed by atoms with Crippen LogP contribution in [0.1, 0.15) is 33.0 Å². The molecule has 0 spiro atoms. The molecule has 3 rings (SSSR count). The van der Waals surface area contributed by atoms with Gasteiger partial charge in [0, 0.05) is 50.6 Å². The molecule has 10 heteroatoms. The Labute approximate surface area is 180 Å². The molecule has 0 amide bonds. The minimum absolute atomic E-state index is 0.00844. The van der Waals surface area contributed by atoms with Gasteiger partial charge < -0.3 is 19.8 Å². The lowest BCUT2D eigenvalue weighted by Crippen LogP contribution is -2.37. The lowest BCUT2D eigenvalue weighted by Gasteiger charge is -2.26. The Morgan fingerprint density at radius 3 is 2.52 bits per heavy atom. The van der Waals surface area contributed by atoms with Crippen molar-refractivity contribution in [3.05, 3.63) is 24.3 Å². The maximum Gasteiger partial charge on any atom is 0.573 e. The fourth-order valence-corrected chi connectivity index (χ4v) is 3.49. The van der Waals surface area contributed by atoms with Gasteiger partial charge in [0.25, 0.3) is 0 Å². The molecule has 7 nitrogen and oxygen atoms in total. The predicted octanol–water partition coefficient (Wildman–Crippen LogP) is 3.74. The second-order valence-electron chi connectivity index (χ2n) is 8.94. The number of hydrogen-bond acceptors (Lipinski definition) is 6. The van der Waals surface area contributed by atoms with Crippen molar-refractivity contribution in [3.63, 3.8) is 0 Å². The Bertz CT molecular complexity index is 871. The molecule has 0 radical (unpaired) electrons. The number of alkyl halides is 3. The normalized spacial score (nSPS) is 15.9. The molecule has 1 aliphatic rings. The van der Waals surface area contributed by atoms with Gasteiger partial charge in [-0.1, -0.05) is 20.8 Å². The molecule has 1 saturated heterocycles. The van der Waals surface area contributed by atoms with Gasteiger partial charge in [0.15, 0.2) is 11.6 Å². The Morgan fingerprint density at radius 1 is 1.16 bits per heavy atom. The molecule has 2 aromatic rings. The number of nitrogens with zero attached hydrogens (tertiary/aromatic N) is 4. The Balaban J connectivity index is 1.80. The standard InChI is InChI=1S/C21H30F3N5O2/c1-20(2,3)12-18-27-16(14-29(18)6-4-5-28-7-9-30-10-8-28)15-11-17(19(25)26-13-15)31-21(22,23)24/h11,13-14H,4-10,12H2,1-3H3,(H2,25,26). The van der Waals surface area contributed by atoms with Crippen LogP contribution in [0.4, 0.5) is 19.0 Å². The third-order valence-electron chi connectivity index (χ3n) is 4.93. The van der Waals surface area contributed by atoms with Gasteiger partial charge in [0.1, 0.15) is 5.82 Å². The van der Waals surface area contributed by atoms with Crippen molar-refractivity contribution in [2.45, 2.75) is 46.5 Å². The first-order valence-electron chi connectivity index (χ1n) is 10.4. The van der Waals surface area contributed by atoms with Crippen LogP contribution >= 0.6 is 0 Å². The van der Waals surface area contributed by atoms with Crippen molar-refractivity contribution in [3.8, 4) is 17.0 Å². The fourth-order valence-electron chi connectivity index (χ4n) is 3.49. The lowest BCUT2D eigenvalue weighted by molar-refractivity contribution is -0.274. The van der Waals surface area contributed by atoms with Crippen LogP contribution in [0.15, 0.2) is 18.5 Å². The van der Waals surface area contributed by atoms with E-state index < -0.39 is 12.1 Å². The highest BCUT2D eigenvalue weighted by Gasteiger charge is 2.32. The number of morpholine rings is 1. The van der Waals surface area contributed by atoms with Crippen LogP contribution in [0.25, 0.3) is 11.3 Å². The number of ether oxygens (including phenoxy) is 2. The number of pyridine rings is 1. The molecule has 0 unspecified atom stereocenters. The number of rotatable bonds is 7. The van der Waals surface area contributed by atoms with E-state index in [9.17, 15) is 13.2 Å². The van der Waals surface area contributed by atoms with E-state index in [4.69, 9.17) is 15.5 Å². The lowest BCUT2D eigenvalue weighted by atomic mass is 9.92. The predicted molar refractivity (Wildman–Crippen MR) is 112 cm³/mol. The summed E-state index contributed by atoms with van der Waals surface area (Å²) in [5.74, 6) is 0.0461. The van der Waals surface area contributed by atoms with E-state index in [1.807, 2.05) is 6.20 Å². The van der Waals surface area contributed by atoms with Gasteiger partial charge in [0.2, 0.25) is 0 Å². The Kier molecular flexibility index (Phi) is 7.10. The van der Waals surface area contributed by atoms with E-state index in [-0.39, 0.29) is 11.2 Å². The van der Waals surface area contributed by atoms with Gasteiger partial charge in [-0.25, -0.2) is 9.97 Å². The molecule has 0 saturated carbocycles. The monoisotopic (exact) mass is 441 g/mol. The first kappa shape index (κ1) is 23.3. The van der Waals surface area contributed by atoms with Gasteiger partial charge in [-0.15, -0.1) is 13.2 Å². The summed E-state index contributed by atoms with van der Waals surface area (Å²) in [5, 5.41) is 0. The van der Waals surface area contributed by atoms with Crippen LogP contribution in [-0.4, -0.2) is 58.6 Å². The SMILES string of the molecule is CC(C)(C)Cc1nc(-c2cnc(N)c(OC(F)(F)F)c2)cn1CCCN1CCOCC1. The molecule has 31 heavy (non-hydrogen) atoms. The molecule has 3 heterocycles. The molecule has 1 fully saturated rings. The van der Waals surface area contributed by atoms with Gasteiger partial charge in [-0.3, -0.25) is 4.90 Å². The number of hydrogen-bond donors (Lipinski definition) is 1. The number of halogens is 3. The van der Waals surface area contributed by atoms with E-state index in [0.717, 1.165) is 58.1 Å². The van der Waals surface area contributed by atoms with Crippen LogP contribution in [0.3, 0.4) is 0 Å². The number of anilines is 1. The largest absolute Gasteiger partial charge is 0.573 e. The summed E-state index contributed by atoms with van der Waals surface area (Å²) in [6.07, 6.45) is 0.115. The molecule has 0 bridgehead atoms. The quantitative estimate of drug-likeness (QED) is 0.705. The van der Waals surface area contributed by atoms with E-state index in [1.165, 1.54) is 12.3 Å². The molecule has 0 aromatic carbocycles. The average Bonchev–Trinajstić information content (AvgIpc) is 3.04. The molecule has 2 aromatic heterocycles. The minimum Gasteiger partial charge on any atom is -0.402 e. The van der Waals surface area contributed by atoms with Crippen molar-refractivity contribution < 1.29 is 22.6 Å². The molecule has 0 atom stereocenters. The van der Waals surface area contributed by atoms with Crippen LogP contribution in [0.2, 0.25) is 0 Å². The summed E-state index contributed by atoms with van der Waals surface area (Å²) in [6.45, 7) is 11.5. The maximum atomic E-state index is 12.7. The summed E-state index contributed by atoms with van der Waals surface area (Å²) < 4.78 is 49.5. The van der Waals surface area contributed by atoms with Crippen molar-refractivity contribution >= 4 is 5.82 Å². The molecular formula is C21H30F3N5O2. The minimum atomic E-state index is -4.84. The zero-order chi connectivity index (χ0) is 22.6. The Hall–Kier alpha value is -2.33. The summed E-state index contributed by atoms with van der Waals surface area (Å²) in [4.78, 5) is 10.9. The van der Waals surface area contributed by atoms with Crippen LogP contribution < -0.4 is 10.5 Å². The second-order valence-corrected chi connectivity index (χ2v) is 8.94. The van der Waals surface area contributed by atoms with Gasteiger partial charge >= 0.3 is 6.36 Å². The molecular weight excluding hydrogens is 411 g/mol. The topological polar surface area (TPSA) is 78.4 Å². The third-order valence-corrected chi connectivity index (χ3v) is 4.93. The van der Waals surface area contributed by atoms with E-state index in [1.54, 1.807) is 0 Å². The molecule has 172 valence electrons. The smallest absolute Gasteiger partial charge is 0.402 e. The highest BCUT2D eigenvalue weighted by Crippen LogP contribution is 2.31. The first-order chi connectivity index (χ1) is 14.5. The average molecular weight is 441 g/mol. The van der Waals surface area contributed by atoms with Crippen LogP contribution in [-0.2, 0) is 17.7 Å². The van der Waals surface area contributed by atoms with Crippen molar-refractivity contribution in [2.24, 2.45) is 5.41 Å². The summed E-state index contributed by atoms with van der Waals surface area (Å²) in [6, 6.07) is 1.23. The third kappa shape index (κ3) is 7.10. The van der Waals surface area contributed by atoms with E-state index in [2.05, 4.69) is 40.0 Å². The number of aryl methyl sites for hydroxylation is 1. The molecule has 0 aliphatic carbocycles. The van der Waals surface area contributed by atoms with Crippen molar-refractivity contribution in [1.82, 2.24) is 19.4 Å². The van der Waals surface area contributed by atoms with Crippen molar-refractivity contribution in [2.75, 3.05) is 38.6 Å². The Morgan fingerprint density at radius 2 is 1.87 bits per heavy atom. The van der Waals surface area contributed by atoms with Gasteiger partial charge in [-0.05, 0) is 17.9 Å². The van der Waals surface area contributed by atoms with E-state index >= 15 is 0 Å².